The van der Waals surface area contributed by atoms with Crippen molar-refractivity contribution >= 4 is 11.7 Å². The number of benzene rings is 1. The van der Waals surface area contributed by atoms with Gasteiger partial charge in [0.05, 0.1) is 0 Å². The summed E-state index contributed by atoms with van der Waals surface area (Å²) in [6.45, 7) is 1.40. The second-order valence-corrected chi connectivity index (χ2v) is 4.28. The van der Waals surface area contributed by atoms with Crippen LogP contribution in [-0.4, -0.2) is 22.6 Å². The van der Waals surface area contributed by atoms with Crippen LogP contribution in [0.3, 0.4) is 0 Å². The Morgan fingerprint density at radius 2 is 2.19 bits per heavy atom. The number of rotatable bonds is 2. The van der Waals surface area contributed by atoms with E-state index >= 15 is 0 Å². The average molecular weight is 284 g/mol. The molecule has 0 aliphatic heterocycles. The number of aryl methyl sites for hydroxylation is 1. The smallest absolute Gasteiger partial charge is 0.257 e. The zero-order valence-corrected chi connectivity index (χ0v) is 11.4. The summed E-state index contributed by atoms with van der Waals surface area (Å²) >= 11 is 0. The highest BCUT2D eigenvalue weighted by molar-refractivity contribution is 6.04. The number of hydrogen-bond acceptors (Lipinski definition) is 3. The molecule has 1 aromatic carbocycles. The van der Waals surface area contributed by atoms with Crippen molar-refractivity contribution in [3.05, 3.63) is 59.0 Å². The van der Waals surface area contributed by atoms with E-state index in [1.54, 1.807) is 25.1 Å². The predicted molar refractivity (Wildman–Crippen MR) is 77.3 cm³/mol. The minimum Gasteiger partial charge on any atom is -0.384 e. The second kappa shape index (κ2) is 6.64. The molecule has 0 saturated heterocycles. The van der Waals surface area contributed by atoms with E-state index < -0.39 is 0 Å². The van der Waals surface area contributed by atoms with Gasteiger partial charge < -0.3 is 10.4 Å². The maximum Gasteiger partial charge on any atom is 0.257 e. The SMILES string of the molecule is Cc1cc(F)ccc1C(=O)Nc1cccc(C#CCO)n1. The van der Waals surface area contributed by atoms with Gasteiger partial charge in [-0.2, -0.15) is 0 Å². The molecule has 2 N–H and O–H groups in total. The molecule has 0 radical (unpaired) electrons. The number of nitrogens with one attached hydrogen (secondary N) is 1. The van der Waals surface area contributed by atoms with Crippen molar-refractivity contribution in [3.8, 4) is 11.8 Å². The van der Waals surface area contributed by atoms with Crippen LogP contribution in [0.2, 0.25) is 0 Å². The largest absolute Gasteiger partial charge is 0.384 e. The van der Waals surface area contributed by atoms with Crippen LogP contribution in [0.1, 0.15) is 21.6 Å². The van der Waals surface area contributed by atoms with Gasteiger partial charge in [0.2, 0.25) is 0 Å². The van der Waals surface area contributed by atoms with Gasteiger partial charge in [-0.25, -0.2) is 9.37 Å². The van der Waals surface area contributed by atoms with E-state index in [0.29, 0.717) is 22.6 Å². The maximum absolute atomic E-state index is 13.0. The van der Waals surface area contributed by atoms with E-state index in [2.05, 4.69) is 22.1 Å². The number of hydrogen-bond donors (Lipinski definition) is 2. The number of amides is 1. The van der Waals surface area contributed by atoms with E-state index in [9.17, 15) is 9.18 Å². The lowest BCUT2D eigenvalue weighted by Gasteiger charge is -2.07. The van der Waals surface area contributed by atoms with E-state index in [4.69, 9.17) is 5.11 Å². The highest BCUT2D eigenvalue weighted by atomic mass is 19.1. The van der Waals surface area contributed by atoms with Crippen LogP contribution >= 0.6 is 0 Å². The van der Waals surface area contributed by atoms with E-state index in [1.165, 1.54) is 18.2 Å². The van der Waals surface area contributed by atoms with Crippen LogP contribution in [0.25, 0.3) is 0 Å². The van der Waals surface area contributed by atoms with Crippen LogP contribution in [0.5, 0.6) is 0 Å². The van der Waals surface area contributed by atoms with Crippen LogP contribution in [0, 0.1) is 24.6 Å². The molecule has 0 aliphatic rings. The fraction of sp³-hybridized carbons (Fsp3) is 0.125. The molecule has 21 heavy (non-hydrogen) atoms. The Labute approximate surface area is 121 Å². The lowest BCUT2D eigenvalue weighted by molar-refractivity contribution is 0.102. The number of aliphatic hydroxyl groups excluding tert-OH is 1. The van der Waals surface area contributed by atoms with Gasteiger partial charge in [0, 0.05) is 5.56 Å². The molecule has 5 heteroatoms. The first-order valence-electron chi connectivity index (χ1n) is 6.24. The van der Waals surface area contributed by atoms with Gasteiger partial charge in [-0.15, -0.1) is 0 Å². The Balaban J connectivity index is 2.19. The summed E-state index contributed by atoms with van der Waals surface area (Å²) < 4.78 is 13.0. The molecule has 1 aromatic heterocycles. The van der Waals surface area contributed by atoms with Crippen LogP contribution in [0.4, 0.5) is 10.2 Å². The molecule has 0 aliphatic carbocycles. The predicted octanol–water partition coefficient (Wildman–Crippen LogP) is 2.13. The molecule has 0 fully saturated rings. The highest BCUT2D eigenvalue weighted by Crippen LogP contribution is 2.13. The van der Waals surface area contributed by atoms with Crippen molar-refractivity contribution in [3.63, 3.8) is 0 Å². The summed E-state index contributed by atoms with van der Waals surface area (Å²) in [7, 11) is 0. The van der Waals surface area contributed by atoms with Gasteiger partial charge >= 0.3 is 0 Å². The zero-order chi connectivity index (χ0) is 15.2. The molecule has 2 aromatic rings. The molecule has 1 amide bonds. The first-order valence-corrected chi connectivity index (χ1v) is 6.24. The van der Waals surface area contributed by atoms with Gasteiger partial charge in [0.1, 0.15) is 23.9 Å². The summed E-state index contributed by atoms with van der Waals surface area (Å²) in [6.07, 6.45) is 0. The van der Waals surface area contributed by atoms with Crippen LogP contribution in [0.15, 0.2) is 36.4 Å². The van der Waals surface area contributed by atoms with Crippen molar-refractivity contribution in [1.29, 1.82) is 0 Å². The Kier molecular flexibility index (Phi) is 4.64. The first-order chi connectivity index (χ1) is 10.1. The fourth-order valence-electron chi connectivity index (χ4n) is 1.77. The number of halogens is 1. The number of carbonyl (C=O) groups excluding carboxylic acids is 1. The summed E-state index contributed by atoms with van der Waals surface area (Å²) in [5.41, 5.74) is 1.37. The topological polar surface area (TPSA) is 62.2 Å². The van der Waals surface area contributed by atoms with Gasteiger partial charge in [0.25, 0.3) is 5.91 Å². The summed E-state index contributed by atoms with van der Waals surface area (Å²) in [5, 5.41) is 11.3. The quantitative estimate of drug-likeness (QED) is 0.830. The van der Waals surface area contributed by atoms with Crippen molar-refractivity contribution in [1.82, 2.24) is 4.98 Å². The minimum atomic E-state index is -0.386. The van der Waals surface area contributed by atoms with Gasteiger partial charge in [-0.3, -0.25) is 4.79 Å². The molecule has 0 atom stereocenters. The number of pyridine rings is 1. The van der Waals surface area contributed by atoms with Crippen LogP contribution < -0.4 is 5.32 Å². The lowest BCUT2D eigenvalue weighted by atomic mass is 10.1. The number of aromatic nitrogens is 1. The maximum atomic E-state index is 13.0. The van der Waals surface area contributed by atoms with Gasteiger partial charge in [-0.05, 0) is 48.7 Å². The molecular formula is C16H13FN2O2. The summed E-state index contributed by atoms with van der Waals surface area (Å²) in [5.74, 6) is 4.72. The number of anilines is 1. The molecule has 0 bridgehead atoms. The summed E-state index contributed by atoms with van der Waals surface area (Å²) in [4.78, 5) is 16.3. The van der Waals surface area contributed by atoms with E-state index in [1.807, 2.05) is 0 Å². The molecule has 0 spiro atoms. The fourth-order valence-corrected chi connectivity index (χ4v) is 1.77. The molecule has 106 valence electrons. The standard InChI is InChI=1S/C16H13FN2O2/c1-11-10-12(17)7-8-14(11)16(21)19-15-6-2-4-13(18-15)5-3-9-20/h2,4,6-8,10,20H,9H2,1H3,(H,18,19,21). The highest BCUT2D eigenvalue weighted by Gasteiger charge is 2.10. The summed E-state index contributed by atoms with van der Waals surface area (Å²) in [6, 6.07) is 8.95. The van der Waals surface area contributed by atoms with Crippen molar-refractivity contribution < 1.29 is 14.3 Å². The van der Waals surface area contributed by atoms with Crippen molar-refractivity contribution in [2.45, 2.75) is 6.92 Å². The third-order valence-electron chi connectivity index (χ3n) is 2.72. The lowest BCUT2D eigenvalue weighted by Crippen LogP contribution is -2.14. The Morgan fingerprint density at radius 3 is 2.90 bits per heavy atom. The molecule has 0 saturated carbocycles. The third-order valence-corrected chi connectivity index (χ3v) is 2.72. The van der Waals surface area contributed by atoms with E-state index in [0.717, 1.165) is 0 Å². The second-order valence-electron chi connectivity index (χ2n) is 4.28. The normalized spacial score (nSPS) is 9.67. The van der Waals surface area contributed by atoms with Crippen LogP contribution in [-0.2, 0) is 0 Å². The average Bonchev–Trinajstić information content (AvgIpc) is 2.45. The van der Waals surface area contributed by atoms with Crippen molar-refractivity contribution in [2.24, 2.45) is 0 Å². The van der Waals surface area contributed by atoms with Gasteiger partial charge in [0.15, 0.2) is 0 Å². The monoisotopic (exact) mass is 284 g/mol. The Morgan fingerprint density at radius 1 is 1.38 bits per heavy atom. The van der Waals surface area contributed by atoms with E-state index in [-0.39, 0.29) is 18.3 Å². The number of aliphatic hydroxyl groups is 1. The molecule has 2 rings (SSSR count). The molecule has 1 heterocycles. The first kappa shape index (κ1) is 14.7. The third kappa shape index (κ3) is 3.88. The number of carbonyl (C=O) groups is 1. The molecule has 4 nitrogen and oxygen atoms in total. The number of nitrogens with zero attached hydrogens (tertiary/aromatic N) is 1. The minimum absolute atomic E-state index is 0.257. The molecule has 0 unspecified atom stereocenters. The van der Waals surface area contributed by atoms with Gasteiger partial charge in [-0.1, -0.05) is 12.0 Å². The van der Waals surface area contributed by atoms with Crippen molar-refractivity contribution in [2.75, 3.05) is 11.9 Å². The Hall–Kier alpha value is -2.71. The zero-order valence-electron chi connectivity index (χ0n) is 11.4. The molecular weight excluding hydrogens is 271 g/mol. The Bertz CT molecular complexity index is 733.